The fourth-order valence-electron chi connectivity index (χ4n) is 3.95. The number of hydrogen-bond acceptors (Lipinski definition) is 6. The Labute approximate surface area is 186 Å². The number of carboxylic acid groups (broad SMARTS) is 1. The van der Waals surface area contributed by atoms with Crippen molar-refractivity contribution in [3.05, 3.63) is 63.7 Å². The SMILES string of the molecule is C[C@@H](Nc1ncccc1C(=O)O)c1cc(C(F)(F)F)cn2c(=O)cc(N3CCCCC3)nc12. The summed E-state index contributed by atoms with van der Waals surface area (Å²) in [6, 6.07) is 4.14. The van der Waals surface area contributed by atoms with Gasteiger partial charge in [-0.3, -0.25) is 9.20 Å². The Hall–Kier alpha value is -3.63. The molecule has 3 aromatic heterocycles. The van der Waals surface area contributed by atoms with Crippen molar-refractivity contribution >= 4 is 23.3 Å². The Bertz CT molecular complexity index is 1250. The second-order valence-electron chi connectivity index (χ2n) is 7.95. The number of halogens is 3. The highest BCUT2D eigenvalue weighted by atomic mass is 19.4. The van der Waals surface area contributed by atoms with Gasteiger partial charge in [0.05, 0.1) is 11.6 Å². The highest BCUT2D eigenvalue weighted by Crippen LogP contribution is 2.33. The van der Waals surface area contributed by atoms with E-state index >= 15 is 0 Å². The quantitative estimate of drug-likeness (QED) is 0.593. The van der Waals surface area contributed by atoms with Gasteiger partial charge in [-0.2, -0.15) is 13.2 Å². The molecule has 1 fully saturated rings. The number of piperidine rings is 1. The van der Waals surface area contributed by atoms with E-state index in [2.05, 4.69) is 15.3 Å². The Morgan fingerprint density at radius 1 is 1.21 bits per heavy atom. The number of nitrogens with one attached hydrogen (secondary N) is 1. The van der Waals surface area contributed by atoms with Gasteiger partial charge < -0.3 is 15.3 Å². The number of alkyl halides is 3. The number of fused-ring (bicyclic) bond motifs is 1. The number of rotatable bonds is 5. The third kappa shape index (κ3) is 4.62. The molecule has 4 heterocycles. The lowest BCUT2D eigenvalue weighted by Gasteiger charge is -2.28. The van der Waals surface area contributed by atoms with E-state index < -0.39 is 29.3 Å². The van der Waals surface area contributed by atoms with Crippen molar-refractivity contribution in [1.82, 2.24) is 14.4 Å². The average molecular weight is 461 g/mol. The fourth-order valence-corrected chi connectivity index (χ4v) is 3.95. The highest BCUT2D eigenvalue weighted by molar-refractivity contribution is 5.93. The minimum Gasteiger partial charge on any atom is -0.478 e. The van der Waals surface area contributed by atoms with Crippen LogP contribution in [0.4, 0.5) is 24.8 Å². The first-order chi connectivity index (χ1) is 15.6. The number of carbonyl (C=O) groups is 1. The minimum absolute atomic E-state index is 0.00240. The van der Waals surface area contributed by atoms with Crippen molar-refractivity contribution in [2.24, 2.45) is 0 Å². The van der Waals surface area contributed by atoms with Gasteiger partial charge in [-0.25, -0.2) is 14.8 Å². The Morgan fingerprint density at radius 3 is 2.61 bits per heavy atom. The van der Waals surface area contributed by atoms with Crippen molar-refractivity contribution in [1.29, 1.82) is 0 Å². The number of aromatic nitrogens is 3. The first-order valence-electron chi connectivity index (χ1n) is 10.5. The summed E-state index contributed by atoms with van der Waals surface area (Å²) >= 11 is 0. The van der Waals surface area contributed by atoms with Crippen LogP contribution in [0.5, 0.6) is 0 Å². The minimum atomic E-state index is -4.69. The molecule has 1 atom stereocenters. The fraction of sp³-hybridized carbons (Fsp3) is 0.364. The Kier molecular flexibility index (Phi) is 5.96. The molecule has 1 aliphatic rings. The van der Waals surface area contributed by atoms with Gasteiger partial charge in [0.15, 0.2) is 0 Å². The monoisotopic (exact) mass is 461 g/mol. The molecule has 4 rings (SSSR count). The molecule has 0 aromatic carbocycles. The van der Waals surface area contributed by atoms with Gasteiger partial charge in [0.2, 0.25) is 0 Å². The molecule has 3 aromatic rings. The summed E-state index contributed by atoms with van der Waals surface area (Å²) in [5, 5.41) is 12.3. The highest BCUT2D eigenvalue weighted by Gasteiger charge is 2.33. The number of aromatic carboxylic acids is 1. The second kappa shape index (κ2) is 8.72. The molecule has 2 N–H and O–H groups in total. The van der Waals surface area contributed by atoms with Gasteiger partial charge in [0, 0.05) is 37.1 Å². The zero-order valence-electron chi connectivity index (χ0n) is 17.8. The van der Waals surface area contributed by atoms with Gasteiger partial charge >= 0.3 is 12.1 Å². The van der Waals surface area contributed by atoms with E-state index in [-0.39, 0.29) is 22.6 Å². The first-order valence-corrected chi connectivity index (χ1v) is 10.5. The van der Waals surface area contributed by atoms with Crippen LogP contribution in [-0.2, 0) is 6.18 Å². The summed E-state index contributed by atoms with van der Waals surface area (Å²) in [7, 11) is 0. The maximum atomic E-state index is 13.6. The summed E-state index contributed by atoms with van der Waals surface area (Å²) in [6.45, 7) is 2.99. The number of carboxylic acids is 1. The van der Waals surface area contributed by atoms with E-state index in [1.165, 1.54) is 24.4 Å². The molecule has 0 saturated carbocycles. The van der Waals surface area contributed by atoms with E-state index in [4.69, 9.17) is 0 Å². The first kappa shape index (κ1) is 22.6. The lowest BCUT2D eigenvalue weighted by Crippen LogP contribution is -2.32. The van der Waals surface area contributed by atoms with Crippen molar-refractivity contribution < 1.29 is 23.1 Å². The zero-order valence-corrected chi connectivity index (χ0v) is 17.8. The third-order valence-corrected chi connectivity index (χ3v) is 5.64. The van der Waals surface area contributed by atoms with Gasteiger partial charge in [-0.05, 0) is 44.4 Å². The molecule has 33 heavy (non-hydrogen) atoms. The summed E-state index contributed by atoms with van der Waals surface area (Å²) in [4.78, 5) is 34.8. The van der Waals surface area contributed by atoms with Crippen LogP contribution in [0.2, 0.25) is 0 Å². The smallest absolute Gasteiger partial charge is 0.417 e. The largest absolute Gasteiger partial charge is 0.478 e. The van der Waals surface area contributed by atoms with E-state index in [0.29, 0.717) is 18.9 Å². The van der Waals surface area contributed by atoms with E-state index in [1.807, 2.05) is 4.90 Å². The molecule has 174 valence electrons. The van der Waals surface area contributed by atoms with Crippen molar-refractivity contribution in [2.45, 2.75) is 38.4 Å². The van der Waals surface area contributed by atoms with Crippen LogP contribution in [0.1, 0.15) is 53.7 Å². The van der Waals surface area contributed by atoms with Crippen LogP contribution in [0.15, 0.2) is 41.5 Å². The van der Waals surface area contributed by atoms with Crippen LogP contribution in [0, 0.1) is 0 Å². The number of nitrogens with zero attached hydrogens (tertiary/aromatic N) is 4. The molecule has 0 amide bonds. The van der Waals surface area contributed by atoms with Crippen molar-refractivity contribution in [3.63, 3.8) is 0 Å². The summed E-state index contributed by atoms with van der Waals surface area (Å²) in [6.07, 6.45) is 0.380. The standard InChI is InChI=1S/C22H22F3N5O3/c1-13(27-19-15(21(32)33)6-5-7-26-19)16-10-14(22(23,24)25)12-30-18(31)11-17(28-20(16)30)29-8-3-2-4-9-29/h5-7,10-13H,2-4,8-9H2,1H3,(H,26,27)(H,32,33)/t13-/m1/s1. The molecule has 0 bridgehead atoms. The molecule has 0 unspecified atom stereocenters. The van der Waals surface area contributed by atoms with Crippen LogP contribution < -0.4 is 15.8 Å². The third-order valence-electron chi connectivity index (χ3n) is 5.64. The summed E-state index contributed by atoms with van der Waals surface area (Å²) in [5.41, 5.74) is -1.58. The molecule has 1 saturated heterocycles. The summed E-state index contributed by atoms with van der Waals surface area (Å²) in [5.74, 6) is -0.812. The molecule has 8 nitrogen and oxygen atoms in total. The summed E-state index contributed by atoms with van der Waals surface area (Å²) < 4.78 is 41.7. The van der Waals surface area contributed by atoms with E-state index in [1.54, 1.807) is 6.92 Å². The molecular formula is C22H22F3N5O3. The molecule has 1 aliphatic heterocycles. The van der Waals surface area contributed by atoms with Crippen LogP contribution in [0.25, 0.3) is 5.65 Å². The van der Waals surface area contributed by atoms with Crippen LogP contribution in [-0.4, -0.2) is 38.5 Å². The van der Waals surface area contributed by atoms with E-state index in [9.17, 15) is 27.9 Å². The topological polar surface area (TPSA) is 99.8 Å². The van der Waals surface area contributed by atoms with Gasteiger partial charge in [-0.1, -0.05) is 0 Å². The van der Waals surface area contributed by atoms with Crippen LogP contribution in [0.3, 0.4) is 0 Å². The molecule has 0 spiro atoms. The van der Waals surface area contributed by atoms with Crippen molar-refractivity contribution in [2.75, 3.05) is 23.3 Å². The Balaban J connectivity index is 1.86. The van der Waals surface area contributed by atoms with Crippen molar-refractivity contribution in [3.8, 4) is 0 Å². The molecule has 11 heteroatoms. The van der Waals surface area contributed by atoms with Gasteiger partial charge in [-0.15, -0.1) is 0 Å². The normalized spacial score (nSPS) is 15.5. The maximum Gasteiger partial charge on any atom is 0.417 e. The van der Waals surface area contributed by atoms with Gasteiger partial charge in [0.1, 0.15) is 22.8 Å². The van der Waals surface area contributed by atoms with E-state index in [0.717, 1.165) is 35.9 Å². The molecule has 0 radical (unpaired) electrons. The lowest BCUT2D eigenvalue weighted by molar-refractivity contribution is -0.137. The molecule has 0 aliphatic carbocycles. The molecular weight excluding hydrogens is 439 g/mol. The Morgan fingerprint density at radius 2 is 1.94 bits per heavy atom. The predicted octanol–water partition coefficient (Wildman–Crippen LogP) is 3.97. The lowest BCUT2D eigenvalue weighted by atomic mass is 10.1. The van der Waals surface area contributed by atoms with Crippen LogP contribution >= 0.6 is 0 Å². The number of pyridine rings is 2. The maximum absolute atomic E-state index is 13.6. The zero-order chi connectivity index (χ0) is 23.8. The second-order valence-corrected chi connectivity index (χ2v) is 7.95. The number of hydrogen-bond donors (Lipinski definition) is 2. The van der Waals surface area contributed by atoms with Gasteiger partial charge in [0.25, 0.3) is 5.56 Å². The average Bonchev–Trinajstić information content (AvgIpc) is 2.78. The number of anilines is 2. The predicted molar refractivity (Wildman–Crippen MR) is 116 cm³/mol.